The third kappa shape index (κ3) is 3.67. The van der Waals surface area contributed by atoms with Crippen LogP contribution in [0, 0.1) is 5.82 Å². The molecule has 0 aliphatic heterocycles. The van der Waals surface area contributed by atoms with Gasteiger partial charge < -0.3 is 5.32 Å². The lowest BCUT2D eigenvalue weighted by atomic mass is 10.1. The second-order valence-electron chi connectivity index (χ2n) is 5.20. The highest BCUT2D eigenvalue weighted by molar-refractivity contribution is 5.19. The first-order valence-electron chi connectivity index (χ1n) is 7.13. The molecule has 2 atom stereocenters. The Labute approximate surface area is 119 Å². The summed E-state index contributed by atoms with van der Waals surface area (Å²) in [5.41, 5.74) is 2.10. The molecular formula is C16H22FN3. The van der Waals surface area contributed by atoms with Crippen LogP contribution in [0.25, 0.3) is 0 Å². The number of aromatic nitrogens is 2. The Morgan fingerprint density at radius 3 is 2.55 bits per heavy atom. The van der Waals surface area contributed by atoms with Gasteiger partial charge in [0, 0.05) is 24.8 Å². The number of benzene rings is 1. The van der Waals surface area contributed by atoms with Crippen LogP contribution in [0.2, 0.25) is 0 Å². The number of rotatable bonds is 6. The van der Waals surface area contributed by atoms with Gasteiger partial charge in [-0.05, 0) is 44.0 Å². The van der Waals surface area contributed by atoms with E-state index in [0.717, 1.165) is 17.7 Å². The molecule has 4 heteroatoms. The van der Waals surface area contributed by atoms with Gasteiger partial charge in [0.2, 0.25) is 0 Å². The molecule has 0 spiro atoms. The van der Waals surface area contributed by atoms with E-state index in [1.54, 1.807) is 0 Å². The summed E-state index contributed by atoms with van der Waals surface area (Å²) in [6, 6.07) is 9.24. The maximum absolute atomic E-state index is 12.9. The minimum absolute atomic E-state index is 0.171. The molecule has 0 saturated heterocycles. The summed E-state index contributed by atoms with van der Waals surface area (Å²) in [5.74, 6) is -0.201. The summed E-state index contributed by atoms with van der Waals surface area (Å²) in [4.78, 5) is 0. The van der Waals surface area contributed by atoms with Crippen molar-refractivity contribution in [2.45, 2.75) is 45.8 Å². The Kier molecular flexibility index (Phi) is 4.90. The van der Waals surface area contributed by atoms with Gasteiger partial charge in [-0.2, -0.15) is 5.10 Å². The van der Waals surface area contributed by atoms with Crippen molar-refractivity contribution in [3.05, 3.63) is 53.6 Å². The molecule has 2 rings (SSSR count). The van der Waals surface area contributed by atoms with Crippen LogP contribution in [-0.2, 0) is 6.54 Å². The third-order valence-corrected chi connectivity index (χ3v) is 3.67. The Balaban J connectivity index is 1.91. The van der Waals surface area contributed by atoms with Crippen molar-refractivity contribution in [2.75, 3.05) is 0 Å². The molecule has 2 aromatic rings. The van der Waals surface area contributed by atoms with Gasteiger partial charge in [0.05, 0.1) is 5.69 Å². The molecule has 0 radical (unpaired) electrons. The molecule has 1 heterocycles. The number of halogens is 1. The highest BCUT2D eigenvalue weighted by atomic mass is 19.1. The van der Waals surface area contributed by atoms with Crippen molar-refractivity contribution in [3.8, 4) is 0 Å². The highest BCUT2D eigenvalue weighted by Crippen LogP contribution is 2.14. The predicted octanol–water partition coefficient (Wildman–Crippen LogP) is 3.84. The lowest BCUT2D eigenvalue weighted by molar-refractivity contribution is 0.468. The molecule has 1 aromatic heterocycles. The van der Waals surface area contributed by atoms with E-state index in [0.29, 0.717) is 12.6 Å². The second kappa shape index (κ2) is 6.66. The van der Waals surface area contributed by atoms with Gasteiger partial charge in [0.15, 0.2) is 0 Å². The average Bonchev–Trinajstić information content (AvgIpc) is 2.93. The molecule has 0 fully saturated rings. The van der Waals surface area contributed by atoms with Crippen molar-refractivity contribution in [2.24, 2.45) is 0 Å². The number of nitrogens with zero attached hydrogens (tertiary/aromatic N) is 2. The lowest BCUT2D eigenvalue weighted by Crippen LogP contribution is -2.18. The summed E-state index contributed by atoms with van der Waals surface area (Å²) in [6.07, 6.45) is 3.09. The standard InChI is InChI=1S/C16H22FN3/c1-4-12(2)20-10-9-16(19-20)11-18-13(3)14-5-7-15(17)8-6-14/h5-10,12-13,18H,4,11H2,1-3H3/t12?,13-/m1/s1. The molecule has 0 amide bonds. The van der Waals surface area contributed by atoms with E-state index in [2.05, 4.69) is 31.2 Å². The minimum atomic E-state index is -0.201. The van der Waals surface area contributed by atoms with Crippen molar-refractivity contribution < 1.29 is 4.39 Å². The van der Waals surface area contributed by atoms with Gasteiger partial charge in [-0.15, -0.1) is 0 Å². The van der Waals surface area contributed by atoms with Gasteiger partial charge >= 0.3 is 0 Å². The van der Waals surface area contributed by atoms with Crippen molar-refractivity contribution in [1.82, 2.24) is 15.1 Å². The lowest BCUT2D eigenvalue weighted by Gasteiger charge is -2.13. The summed E-state index contributed by atoms with van der Waals surface area (Å²) in [5, 5.41) is 7.96. The van der Waals surface area contributed by atoms with Crippen LogP contribution in [0.3, 0.4) is 0 Å². The fraction of sp³-hybridized carbons (Fsp3) is 0.438. The van der Waals surface area contributed by atoms with E-state index in [1.165, 1.54) is 12.1 Å². The Morgan fingerprint density at radius 1 is 1.20 bits per heavy atom. The smallest absolute Gasteiger partial charge is 0.123 e. The van der Waals surface area contributed by atoms with E-state index >= 15 is 0 Å². The Morgan fingerprint density at radius 2 is 1.90 bits per heavy atom. The van der Waals surface area contributed by atoms with E-state index in [4.69, 9.17) is 0 Å². The number of hydrogen-bond acceptors (Lipinski definition) is 2. The van der Waals surface area contributed by atoms with E-state index in [-0.39, 0.29) is 11.9 Å². The zero-order chi connectivity index (χ0) is 14.5. The first-order chi connectivity index (χ1) is 9.60. The van der Waals surface area contributed by atoms with Gasteiger partial charge in [-0.25, -0.2) is 4.39 Å². The molecular weight excluding hydrogens is 253 g/mol. The topological polar surface area (TPSA) is 29.9 Å². The second-order valence-corrected chi connectivity index (χ2v) is 5.20. The largest absolute Gasteiger partial charge is 0.304 e. The van der Waals surface area contributed by atoms with E-state index in [1.807, 2.05) is 29.1 Å². The van der Waals surface area contributed by atoms with Crippen LogP contribution in [0.15, 0.2) is 36.5 Å². The summed E-state index contributed by atoms with van der Waals surface area (Å²) in [6.45, 7) is 7.09. The van der Waals surface area contributed by atoms with Gasteiger partial charge in [-0.1, -0.05) is 19.1 Å². The van der Waals surface area contributed by atoms with Crippen LogP contribution < -0.4 is 5.32 Å². The molecule has 0 aliphatic rings. The average molecular weight is 275 g/mol. The zero-order valence-electron chi connectivity index (χ0n) is 12.3. The van der Waals surface area contributed by atoms with Crippen LogP contribution in [0.4, 0.5) is 4.39 Å². The molecule has 0 aliphatic carbocycles. The first kappa shape index (κ1) is 14.7. The molecule has 108 valence electrons. The van der Waals surface area contributed by atoms with Crippen molar-refractivity contribution in [1.29, 1.82) is 0 Å². The Hall–Kier alpha value is -1.68. The van der Waals surface area contributed by atoms with Crippen molar-refractivity contribution >= 4 is 0 Å². The van der Waals surface area contributed by atoms with Gasteiger partial charge in [0.1, 0.15) is 5.82 Å². The summed E-state index contributed by atoms with van der Waals surface area (Å²) >= 11 is 0. The van der Waals surface area contributed by atoms with Crippen molar-refractivity contribution in [3.63, 3.8) is 0 Å². The SMILES string of the molecule is CCC(C)n1ccc(CN[C@H](C)c2ccc(F)cc2)n1. The fourth-order valence-corrected chi connectivity index (χ4v) is 2.03. The summed E-state index contributed by atoms with van der Waals surface area (Å²) < 4.78 is 14.9. The summed E-state index contributed by atoms with van der Waals surface area (Å²) in [7, 11) is 0. The molecule has 0 bridgehead atoms. The maximum atomic E-state index is 12.9. The molecule has 1 N–H and O–H groups in total. The van der Waals surface area contributed by atoms with Crippen LogP contribution in [-0.4, -0.2) is 9.78 Å². The predicted molar refractivity (Wildman–Crippen MR) is 78.9 cm³/mol. The molecule has 3 nitrogen and oxygen atoms in total. The van der Waals surface area contributed by atoms with Gasteiger partial charge in [0.25, 0.3) is 0 Å². The first-order valence-corrected chi connectivity index (χ1v) is 7.13. The number of hydrogen-bond donors (Lipinski definition) is 1. The molecule has 0 saturated carbocycles. The Bertz CT molecular complexity index is 533. The highest BCUT2D eigenvalue weighted by Gasteiger charge is 2.08. The minimum Gasteiger partial charge on any atom is -0.304 e. The monoisotopic (exact) mass is 275 g/mol. The zero-order valence-corrected chi connectivity index (χ0v) is 12.3. The maximum Gasteiger partial charge on any atom is 0.123 e. The van der Waals surface area contributed by atoms with Crippen LogP contribution >= 0.6 is 0 Å². The quantitative estimate of drug-likeness (QED) is 0.868. The van der Waals surface area contributed by atoms with E-state index < -0.39 is 0 Å². The van der Waals surface area contributed by atoms with E-state index in [9.17, 15) is 4.39 Å². The number of nitrogens with one attached hydrogen (secondary N) is 1. The van der Waals surface area contributed by atoms with Gasteiger partial charge in [-0.3, -0.25) is 4.68 Å². The molecule has 1 unspecified atom stereocenters. The third-order valence-electron chi connectivity index (χ3n) is 3.67. The fourth-order valence-electron chi connectivity index (χ4n) is 2.03. The molecule has 20 heavy (non-hydrogen) atoms. The molecule has 1 aromatic carbocycles. The normalized spacial score (nSPS) is 14.2. The van der Waals surface area contributed by atoms with Crippen LogP contribution in [0.5, 0.6) is 0 Å². The van der Waals surface area contributed by atoms with Crippen LogP contribution in [0.1, 0.15) is 50.5 Å².